The van der Waals surface area contributed by atoms with E-state index in [9.17, 15) is 10.1 Å². The van der Waals surface area contributed by atoms with Gasteiger partial charge >= 0.3 is 0 Å². The second-order valence-electron chi connectivity index (χ2n) is 6.69. The fraction of sp³-hybridized carbons (Fsp3) is 0.0833. The molecule has 1 amide bonds. The Hall–Kier alpha value is -2.78. The molecule has 0 unspecified atom stereocenters. The largest absolute Gasteiger partial charge is 0.488 e. The Bertz CT molecular complexity index is 1190. The van der Waals surface area contributed by atoms with E-state index in [2.05, 4.69) is 21.2 Å². The van der Waals surface area contributed by atoms with Gasteiger partial charge in [-0.25, -0.2) is 0 Å². The summed E-state index contributed by atoms with van der Waals surface area (Å²) in [7, 11) is 0. The first-order valence-corrected chi connectivity index (χ1v) is 10.8. The van der Waals surface area contributed by atoms with Crippen molar-refractivity contribution in [2.75, 3.05) is 5.32 Å². The molecule has 0 aromatic heterocycles. The van der Waals surface area contributed by atoms with Gasteiger partial charge in [0, 0.05) is 15.7 Å². The van der Waals surface area contributed by atoms with Crippen LogP contribution in [-0.4, -0.2) is 5.91 Å². The Morgan fingerprint density at radius 2 is 1.81 bits per heavy atom. The van der Waals surface area contributed by atoms with Crippen LogP contribution in [0, 0.1) is 18.3 Å². The molecule has 0 saturated heterocycles. The van der Waals surface area contributed by atoms with E-state index in [0.717, 1.165) is 11.1 Å². The van der Waals surface area contributed by atoms with Gasteiger partial charge in [-0.15, -0.1) is 0 Å². The van der Waals surface area contributed by atoms with Gasteiger partial charge in [0.15, 0.2) is 0 Å². The van der Waals surface area contributed by atoms with Crippen molar-refractivity contribution in [1.29, 1.82) is 5.26 Å². The number of carbonyl (C=O) groups is 1. The number of benzene rings is 3. The van der Waals surface area contributed by atoms with Crippen molar-refractivity contribution in [3.63, 3.8) is 0 Å². The molecule has 156 valence electrons. The van der Waals surface area contributed by atoms with Crippen LogP contribution in [0.3, 0.4) is 0 Å². The lowest BCUT2D eigenvalue weighted by molar-refractivity contribution is -0.112. The molecule has 0 atom stereocenters. The van der Waals surface area contributed by atoms with Crippen LogP contribution in [0.5, 0.6) is 5.75 Å². The van der Waals surface area contributed by atoms with E-state index in [4.69, 9.17) is 27.9 Å². The highest BCUT2D eigenvalue weighted by Gasteiger charge is 2.12. The lowest BCUT2D eigenvalue weighted by Gasteiger charge is -2.10. The van der Waals surface area contributed by atoms with Crippen molar-refractivity contribution in [3.05, 3.63) is 97.4 Å². The molecule has 0 aliphatic carbocycles. The number of rotatable bonds is 6. The number of amides is 1. The quantitative estimate of drug-likeness (QED) is 0.279. The van der Waals surface area contributed by atoms with Gasteiger partial charge in [0.1, 0.15) is 24.0 Å². The summed E-state index contributed by atoms with van der Waals surface area (Å²) in [5, 5.41) is 13.4. The summed E-state index contributed by atoms with van der Waals surface area (Å²) in [6.07, 6.45) is 1.52. The van der Waals surface area contributed by atoms with E-state index >= 15 is 0 Å². The summed E-state index contributed by atoms with van der Waals surface area (Å²) in [5.74, 6) is 0.136. The number of ether oxygens (including phenoxy) is 1. The van der Waals surface area contributed by atoms with Crippen LogP contribution in [0.15, 0.2) is 70.7 Å². The van der Waals surface area contributed by atoms with Crippen molar-refractivity contribution in [2.24, 2.45) is 0 Å². The molecule has 3 aromatic rings. The SMILES string of the molecule is Cc1ccc(Cl)cc1NC(=O)/C(C#N)=C/c1ccc(OCc2ccc(Cl)cc2)c(Br)c1. The number of halogens is 3. The van der Waals surface area contributed by atoms with Crippen LogP contribution in [0.25, 0.3) is 6.08 Å². The number of hydrogen-bond donors (Lipinski definition) is 1. The third-order valence-corrected chi connectivity index (χ3v) is 5.49. The van der Waals surface area contributed by atoms with Crippen LogP contribution in [-0.2, 0) is 11.4 Å². The summed E-state index contributed by atoms with van der Waals surface area (Å²) in [6, 6.07) is 19.9. The van der Waals surface area contributed by atoms with Gasteiger partial charge in [-0.2, -0.15) is 5.26 Å². The maximum absolute atomic E-state index is 12.6. The zero-order chi connectivity index (χ0) is 22.4. The predicted molar refractivity (Wildman–Crippen MR) is 128 cm³/mol. The number of anilines is 1. The molecule has 0 heterocycles. The first-order valence-electron chi connectivity index (χ1n) is 9.22. The van der Waals surface area contributed by atoms with Crippen molar-refractivity contribution in [2.45, 2.75) is 13.5 Å². The molecule has 0 spiro atoms. The molecular formula is C24H17BrCl2N2O2. The number of aryl methyl sites for hydroxylation is 1. The molecule has 0 aliphatic heterocycles. The minimum Gasteiger partial charge on any atom is -0.488 e. The molecule has 0 aliphatic rings. The zero-order valence-corrected chi connectivity index (χ0v) is 19.6. The van der Waals surface area contributed by atoms with Gasteiger partial charge in [0.25, 0.3) is 5.91 Å². The molecule has 0 radical (unpaired) electrons. The molecular weight excluding hydrogens is 499 g/mol. The topological polar surface area (TPSA) is 62.1 Å². The second kappa shape index (κ2) is 10.5. The molecule has 1 N–H and O–H groups in total. The van der Waals surface area contributed by atoms with E-state index < -0.39 is 5.91 Å². The molecule has 3 rings (SSSR count). The van der Waals surface area contributed by atoms with E-state index in [1.54, 1.807) is 36.4 Å². The Kier molecular flexibility index (Phi) is 7.75. The second-order valence-corrected chi connectivity index (χ2v) is 8.42. The van der Waals surface area contributed by atoms with Gasteiger partial charge in [0.2, 0.25) is 0 Å². The smallest absolute Gasteiger partial charge is 0.266 e. The van der Waals surface area contributed by atoms with E-state index in [1.165, 1.54) is 6.08 Å². The zero-order valence-electron chi connectivity index (χ0n) is 16.5. The first kappa shape index (κ1) is 22.9. The molecule has 31 heavy (non-hydrogen) atoms. The Labute approximate surface area is 199 Å². The standard InChI is InChI=1S/C24H17BrCl2N2O2/c1-15-2-6-20(27)12-22(15)29-24(30)18(13-28)10-17-5-9-23(21(25)11-17)31-14-16-3-7-19(26)8-4-16/h2-12H,14H2,1H3,(H,29,30)/b18-10+. The lowest BCUT2D eigenvalue weighted by Crippen LogP contribution is -2.14. The monoisotopic (exact) mass is 514 g/mol. The van der Waals surface area contributed by atoms with Crippen LogP contribution in [0.1, 0.15) is 16.7 Å². The maximum atomic E-state index is 12.6. The van der Waals surface area contributed by atoms with E-state index in [1.807, 2.05) is 37.3 Å². The molecule has 0 saturated carbocycles. The third kappa shape index (κ3) is 6.35. The number of nitriles is 1. The first-order chi connectivity index (χ1) is 14.9. The highest BCUT2D eigenvalue weighted by atomic mass is 79.9. The van der Waals surface area contributed by atoms with Gasteiger partial charge in [-0.1, -0.05) is 47.5 Å². The summed E-state index contributed by atoms with van der Waals surface area (Å²) in [5.41, 5.74) is 3.05. The fourth-order valence-electron chi connectivity index (χ4n) is 2.70. The van der Waals surface area contributed by atoms with Gasteiger partial charge in [0.05, 0.1) is 4.47 Å². The van der Waals surface area contributed by atoms with Crippen LogP contribution in [0.2, 0.25) is 10.0 Å². The number of nitrogens with zero attached hydrogens (tertiary/aromatic N) is 1. The number of hydrogen-bond acceptors (Lipinski definition) is 3. The van der Waals surface area contributed by atoms with Crippen LogP contribution < -0.4 is 10.1 Å². The molecule has 3 aromatic carbocycles. The molecule has 0 bridgehead atoms. The van der Waals surface area contributed by atoms with Crippen LogP contribution >= 0.6 is 39.1 Å². The van der Waals surface area contributed by atoms with Gasteiger partial charge in [-0.3, -0.25) is 4.79 Å². The average Bonchev–Trinajstić information content (AvgIpc) is 2.75. The normalized spacial score (nSPS) is 11.0. The summed E-state index contributed by atoms with van der Waals surface area (Å²) < 4.78 is 6.54. The van der Waals surface area contributed by atoms with Gasteiger partial charge < -0.3 is 10.1 Å². The number of carbonyl (C=O) groups excluding carboxylic acids is 1. The molecule has 4 nitrogen and oxygen atoms in total. The highest BCUT2D eigenvalue weighted by molar-refractivity contribution is 9.10. The highest BCUT2D eigenvalue weighted by Crippen LogP contribution is 2.28. The predicted octanol–water partition coefficient (Wildman–Crippen LogP) is 7.19. The summed E-state index contributed by atoms with van der Waals surface area (Å²) in [6.45, 7) is 2.23. The molecule has 0 fully saturated rings. The van der Waals surface area contributed by atoms with E-state index in [-0.39, 0.29) is 5.57 Å². The maximum Gasteiger partial charge on any atom is 0.266 e. The third-order valence-electron chi connectivity index (χ3n) is 4.39. The van der Waals surface area contributed by atoms with Crippen molar-refractivity contribution < 1.29 is 9.53 Å². The minimum atomic E-state index is -0.507. The Morgan fingerprint density at radius 1 is 1.10 bits per heavy atom. The summed E-state index contributed by atoms with van der Waals surface area (Å²) >= 11 is 15.4. The number of nitrogens with one attached hydrogen (secondary N) is 1. The average molecular weight is 516 g/mol. The summed E-state index contributed by atoms with van der Waals surface area (Å²) in [4.78, 5) is 12.6. The molecule has 7 heteroatoms. The lowest BCUT2D eigenvalue weighted by atomic mass is 10.1. The van der Waals surface area contributed by atoms with E-state index in [0.29, 0.717) is 38.1 Å². The van der Waals surface area contributed by atoms with Crippen LogP contribution in [0.4, 0.5) is 5.69 Å². The minimum absolute atomic E-state index is 0.0268. The Morgan fingerprint density at radius 3 is 2.48 bits per heavy atom. The Balaban J connectivity index is 1.72. The van der Waals surface area contributed by atoms with Crippen molar-refractivity contribution in [3.8, 4) is 11.8 Å². The fourth-order valence-corrected chi connectivity index (χ4v) is 3.51. The van der Waals surface area contributed by atoms with Crippen molar-refractivity contribution >= 4 is 56.8 Å². The van der Waals surface area contributed by atoms with Crippen molar-refractivity contribution in [1.82, 2.24) is 0 Å². The van der Waals surface area contributed by atoms with Gasteiger partial charge in [-0.05, 0) is 82.0 Å².